The van der Waals surface area contributed by atoms with Crippen LogP contribution < -0.4 is 4.90 Å². The molecule has 31 heavy (non-hydrogen) atoms. The lowest BCUT2D eigenvalue weighted by Gasteiger charge is -2.28. The Balaban J connectivity index is 1.31. The fourth-order valence-electron chi connectivity index (χ4n) is 4.13. The largest absolute Gasteiger partial charge is 0.379 e. The highest BCUT2D eigenvalue weighted by atomic mass is 32.2. The van der Waals surface area contributed by atoms with Crippen LogP contribution in [0.5, 0.6) is 0 Å². The number of hydrogen-bond donors (Lipinski definition) is 1. The number of aromatic amines is 1. The second kappa shape index (κ2) is 8.07. The van der Waals surface area contributed by atoms with E-state index < -0.39 is 10.0 Å². The van der Waals surface area contributed by atoms with Gasteiger partial charge >= 0.3 is 0 Å². The molecule has 1 saturated heterocycles. The molecule has 0 amide bonds. The van der Waals surface area contributed by atoms with E-state index in [1.807, 2.05) is 6.20 Å². The molecule has 0 aliphatic carbocycles. The van der Waals surface area contributed by atoms with Crippen LogP contribution >= 0.6 is 0 Å². The van der Waals surface area contributed by atoms with Gasteiger partial charge in [0, 0.05) is 55.0 Å². The van der Waals surface area contributed by atoms with Crippen LogP contribution in [0.2, 0.25) is 0 Å². The lowest BCUT2D eigenvalue weighted by Crippen LogP contribution is -2.40. The number of anilines is 1. The molecule has 0 bridgehead atoms. The standard InChI is InChI=1S/C22H23FN4O3S/c23-17-1-3-19-20(15-24-21(19)13-17)16-5-7-26(8-6-16)22-4-2-18(14-25-22)31(28,29)27-9-11-30-12-10-27/h1-5,13-15,24H,6-12H2. The van der Waals surface area contributed by atoms with Crippen LogP contribution in [-0.2, 0) is 14.8 Å². The third kappa shape index (κ3) is 3.84. The van der Waals surface area contributed by atoms with Gasteiger partial charge in [0.2, 0.25) is 10.0 Å². The first-order chi connectivity index (χ1) is 15.0. The van der Waals surface area contributed by atoms with Crippen molar-refractivity contribution < 1.29 is 17.5 Å². The van der Waals surface area contributed by atoms with Crippen LogP contribution in [0.25, 0.3) is 16.5 Å². The molecular weight excluding hydrogens is 419 g/mol. The Bertz CT molecular complexity index is 1230. The summed E-state index contributed by atoms with van der Waals surface area (Å²) in [7, 11) is -3.54. The summed E-state index contributed by atoms with van der Waals surface area (Å²) in [6.07, 6.45) is 6.33. The van der Waals surface area contributed by atoms with Crippen molar-refractivity contribution in [2.75, 3.05) is 44.3 Å². The molecule has 162 valence electrons. The number of pyridine rings is 1. The van der Waals surface area contributed by atoms with Gasteiger partial charge in [-0.2, -0.15) is 4.31 Å². The maximum atomic E-state index is 13.4. The summed E-state index contributed by atoms with van der Waals surface area (Å²) in [5.41, 5.74) is 3.09. The number of morpholine rings is 1. The van der Waals surface area contributed by atoms with Crippen molar-refractivity contribution in [3.05, 3.63) is 60.2 Å². The van der Waals surface area contributed by atoms with E-state index in [-0.39, 0.29) is 10.7 Å². The van der Waals surface area contributed by atoms with Crippen molar-refractivity contribution in [1.29, 1.82) is 0 Å². The van der Waals surface area contributed by atoms with Crippen LogP contribution in [-0.4, -0.2) is 62.1 Å². The molecule has 1 N–H and O–H groups in total. The number of H-pyrrole nitrogens is 1. The van der Waals surface area contributed by atoms with Crippen molar-refractivity contribution in [3.8, 4) is 0 Å². The zero-order chi connectivity index (χ0) is 21.4. The fraction of sp³-hybridized carbons (Fsp3) is 0.318. The molecule has 2 aromatic heterocycles. The molecule has 2 aliphatic heterocycles. The smallest absolute Gasteiger partial charge is 0.244 e. The Labute approximate surface area is 180 Å². The minimum atomic E-state index is -3.54. The van der Waals surface area contributed by atoms with Crippen LogP contribution in [0.1, 0.15) is 12.0 Å². The van der Waals surface area contributed by atoms with Gasteiger partial charge in [-0.15, -0.1) is 0 Å². The third-order valence-electron chi connectivity index (χ3n) is 5.85. The first-order valence-electron chi connectivity index (χ1n) is 10.3. The average Bonchev–Trinajstić information content (AvgIpc) is 3.23. The molecular formula is C22H23FN4O3S. The van der Waals surface area contributed by atoms with Gasteiger partial charge in [-0.3, -0.25) is 0 Å². The highest BCUT2D eigenvalue weighted by Crippen LogP contribution is 2.31. The Morgan fingerprint density at radius 2 is 1.94 bits per heavy atom. The van der Waals surface area contributed by atoms with E-state index in [4.69, 9.17) is 4.74 Å². The van der Waals surface area contributed by atoms with Gasteiger partial charge in [0.05, 0.1) is 13.2 Å². The molecule has 1 aromatic carbocycles. The summed E-state index contributed by atoms with van der Waals surface area (Å²) in [5.74, 6) is 0.493. The summed E-state index contributed by atoms with van der Waals surface area (Å²) in [5, 5.41) is 1.01. The third-order valence-corrected chi connectivity index (χ3v) is 7.73. The van der Waals surface area contributed by atoms with Crippen molar-refractivity contribution >= 4 is 32.3 Å². The van der Waals surface area contributed by atoms with Crippen LogP contribution in [0.4, 0.5) is 10.2 Å². The lowest BCUT2D eigenvalue weighted by molar-refractivity contribution is 0.0730. The highest BCUT2D eigenvalue weighted by molar-refractivity contribution is 7.89. The van der Waals surface area contributed by atoms with E-state index in [2.05, 4.69) is 20.9 Å². The molecule has 5 rings (SSSR count). The highest BCUT2D eigenvalue weighted by Gasteiger charge is 2.27. The Morgan fingerprint density at radius 1 is 1.10 bits per heavy atom. The number of halogens is 1. The molecule has 0 atom stereocenters. The molecule has 9 heteroatoms. The zero-order valence-electron chi connectivity index (χ0n) is 16.9. The van der Waals surface area contributed by atoms with E-state index in [9.17, 15) is 12.8 Å². The van der Waals surface area contributed by atoms with E-state index in [0.29, 0.717) is 32.8 Å². The Hall–Kier alpha value is -2.75. The molecule has 0 saturated carbocycles. The summed E-state index contributed by atoms with van der Waals surface area (Å²) >= 11 is 0. The van der Waals surface area contributed by atoms with Gasteiger partial charge in [-0.1, -0.05) is 6.08 Å². The SMILES string of the molecule is O=S(=O)(c1ccc(N2CC=C(c3c[nH]c4cc(F)ccc34)CC2)nc1)N1CCOCC1. The molecule has 0 spiro atoms. The molecule has 1 fully saturated rings. The first kappa shape index (κ1) is 20.2. The molecule has 0 radical (unpaired) electrons. The number of sulfonamides is 1. The number of ether oxygens (including phenoxy) is 1. The van der Waals surface area contributed by atoms with Gasteiger partial charge in [0.1, 0.15) is 16.5 Å². The average molecular weight is 443 g/mol. The van der Waals surface area contributed by atoms with Crippen molar-refractivity contribution in [1.82, 2.24) is 14.3 Å². The monoisotopic (exact) mass is 442 g/mol. The molecule has 7 nitrogen and oxygen atoms in total. The second-order valence-electron chi connectivity index (χ2n) is 7.69. The summed E-state index contributed by atoms with van der Waals surface area (Å²) in [6, 6.07) is 8.18. The number of rotatable bonds is 4. The number of aromatic nitrogens is 2. The predicted octanol–water partition coefficient (Wildman–Crippen LogP) is 3.02. The maximum Gasteiger partial charge on any atom is 0.244 e. The Morgan fingerprint density at radius 3 is 2.65 bits per heavy atom. The van der Waals surface area contributed by atoms with Crippen LogP contribution in [0.3, 0.4) is 0 Å². The molecule has 0 unspecified atom stereocenters. The minimum absolute atomic E-state index is 0.206. The molecule has 2 aliphatic rings. The number of hydrogen-bond acceptors (Lipinski definition) is 5. The van der Waals surface area contributed by atoms with E-state index in [1.165, 1.54) is 28.2 Å². The number of nitrogens with zero attached hydrogens (tertiary/aromatic N) is 3. The summed E-state index contributed by atoms with van der Waals surface area (Å²) < 4.78 is 45.6. The fourth-order valence-corrected chi connectivity index (χ4v) is 5.49. The normalized spacial score (nSPS) is 18.4. The lowest BCUT2D eigenvalue weighted by atomic mass is 9.99. The number of benzene rings is 1. The summed E-state index contributed by atoms with van der Waals surface area (Å²) in [4.78, 5) is 9.88. The Kier molecular flexibility index (Phi) is 5.25. The maximum absolute atomic E-state index is 13.4. The van der Waals surface area contributed by atoms with Gasteiger partial charge in [-0.25, -0.2) is 17.8 Å². The first-order valence-corrected chi connectivity index (χ1v) is 11.7. The van der Waals surface area contributed by atoms with Crippen molar-refractivity contribution in [2.45, 2.75) is 11.3 Å². The van der Waals surface area contributed by atoms with E-state index in [1.54, 1.807) is 18.2 Å². The molecule has 4 heterocycles. The minimum Gasteiger partial charge on any atom is -0.379 e. The van der Waals surface area contributed by atoms with Crippen molar-refractivity contribution in [3.63, 3.8) is 0 Å². The van der Waals surface area contributed by atoms with Gasteiger partial charge in [0.15, 0.2) is 0 Å². The predicted molar refractivity (Wildman–Crippen MR) is 117 cm³/mol. The second-order valence-corrected chi connectivity index (χ2v) is 9.62. The molecule has 3 aromatic rings. The van der Waals surface area contributed by atoms with Crippen LogP contribution in [0, 0.1) is 5.82 Å². The topological polar surface area (TPSA) is 78.5 Å². The quantitative estimate of drug-likeness (QED) is 0.672. The number of fused-ring (bicyclic) bond motifs is 1. The van der Waals surface area contributed by atoms with Crippen molar-refractivity contribution in [2.24, 2.45) is 0 Å². The summed E-state index contributed by atoms with van der Waals surface area (Å²) in [6.45, 7) is 3.00. The van der Waals surface area contributed by atoms with Gasteiger partial charge in [0.25, 0.3) is 0 Å². The van der Waals surface area contributed by atoms with E-state index in [0.717, 1.165) is 35.2 Å². The zero-order valence-corrected chi connectivity index (χ0v) is 17.7. The van der Waals surface area contributed by atoms with Gasteiger partial charge in [-0.05, 0) is 42.3 Å². The van der Waals surface area contributed by atoms with E-state index >= 15 is 0 Å². The van der Waals surface area contributed by atoms with Gasteiger partial charge < -0.3 is 14.6 Å². The number of nitrogens with one attached hydrogen (secondary N) is 1. The van der Waals surface area contributed by atoms with Crippen LogP contribution in [0.15, 0.2) is 53.7 Å².